The van der Waals surface area contributed by atoms with Crippen LogP contribution in [0.25, 0.3) is 0 Å². The highest BCUT2D eigenvalue weighted by molar-refractivity contribution is 4.92. The molecule has 0 aromatic carbocycles. The zero-order chi connectivity index (χ0) is 12.3. The van der Waals surface area contributed by atoms with Crippen molar-refractivity contribution >= 4 is 0 Å². The van der Waals surface area contributed by atoms with Gasteiger partial charge in [0.1, 0.15) is 0 Å². The lowest BCUT2D eigenvalue weighted by Crippen LogP contribution is -2.40. The smallest absolute Gasteiger partial charge is 0.240 e. The van der Waals surface area contributed by atoms with Crippen molar-refractivity contribution in [3.05, 3.63) is 11.7 Å². The van der Waals surface area contributed by atoms with Crippen LogP contribution in [0, 0.1) is 0 Å². The Bertz CT molecular complexity index is 342. The SMILES string of the molecule is CNC1CCN(Cc2nc(C(C)C)no2)CC1. The van der Waals surface area contributed by atoms with E-state index in [2.05, 4.69) is 34.2 Å². The van der Waals surface area contributed by atoms with Gasteiger partial charge in [0.25, 0.3) is 0 Å². The van der Waals surface area contributed by atoms with Crippen molar-refractivity contribution in [3.8, 4) is 0 Å². The number of hydrogen-bond donors (Lipinski definition) is 1. The highest BCUT2D eigenvalue weighted by Crippen LogP contribution is 2.14. The number of likely N-dealkylation sites (tertiary alicyclic amines) is 1. The van der Waals surface area contributed by atoms with Crippen LogP contribution >= 0.6 is 0 Å². The number of nitrogens with zero attached hydrogens (tertiary/aromatic N) is 3. The average Bonchev–Trinajstić information content (AvgIpc) is 2.79. The summed E-state index contributed by atoms with van der Waals surface area (Å²) in [6.07, 6.45) is 2.39. The highest BCUT2D eigenvalue weighted by atomic mass is 16.5. The number of nitrogens with one attached hydrogen (secondary N) is 1. The van der Waals surface area contributed by atoms with Crippen molar-refractivity contribution in [1.82, 2.24) is 20.4 Å². The minimum Gasteiger partial charge on any atom is -0.338 e. The van der Waals surface area contributed by atoms with Crippen LogP contribution in [-0.4, -0.2) is 41.2 Å². The van der Waals surface area contributed by atoms with Gasteiger partial charge >= 0.3 is 0 Å². The molecule has 0 amide bonds. The van der Waals surface area contributed by atoms with Crippen molar-refractivity contribution in [2.45, 2.75) is 45.2 Å². The van der Waals surface area contributed by atoms with E-state index in [4.69, 9.17) is 4.52 Å². The summed E-state index contributed by atoms with van der Waals surface area (Å²) >= 11 is 0. The molecule has 1 fully saturated rings. The van der Waals surface area contributed by atoms with Crippen LogP contribution in [-0.2, 0) is 6.54 Å². The van der Waals surface area contributed by atoms with Gasteiger partial charge in [-0.15, -0.1) is 0 Å². The molecule has 1 aromatic rings. The Morgan fingerprint density at radius 1 is 1.41 bits per heavy atom. The normalized spacial score (nSPS) is 19.1. The second-order valence-corrected chi connectivity index (χ2v) is 5.04. The Balaban J connectivity index is 1.84. The second kappa shape index (κ2) is 5.60. The number of rotatable bonds is 4. The predicted molar refractivity (Wildman–Crippen MR) is 65.7 cm³/mol. The van der Waals surface area contributed by atoms with Crippen molar-refractivity contribution in [2.75, 3.05) is 20.1 Å². The number of piperidine rings is 1. The zero-order valence-corrected chi connectivity index (χ0v) is 10.9. The summed E-state index contributed by atoms with van der Waals surface area (Å²) in [5.74, 6) is 1.89. The van der Waals surface area contributed by atoms with Crippen LogP contribution in [0.3, 0.4) is 0 Å². The van der Waals surface area contributed by atoms with Crippen LogP contribution in [0.4, 0.5) is 0 Å². The maximum atomic E-state index is 5.26. The van der Waals surface area contributed by atoms with E-state index in [9.17, 15) is 0 Å². The lowest BCUT2D eigenvalue weighted by Gasteiger charge is -2.30. The average molecular weight is 238 g/mol. The summed E-state index contributed by atoms with van der Waals surface area (Å²) in [6, 6.07) is 0.667. The molecule has 96 valence electrons. The molecule has 1 N–H and O–H groups in total. The summed E-state index contributed by atoms with van der Waals surface area (Å²) in [5.41, 5.74) is 0. The first-order chi connectivity index (χ1) is 8.19. The molecule has 1 aliphatic rings. The summed E-state index contributed by atoms with van der Waals surface area (Å²) < 4.78 is 5.26. The number of hydrogen-bond acceptors (Lipinski definition) is 5. The van der Waals surface area contributed by atoms with E-state index in [1.54, 1.807) is 0 Å². The fourth-order valence-electron chi connectivity index (χ4n) is 2.14. The van der Waals surface area contributed by atoms with Crippen LogP contribution in [0.1, 0.15) is 44.3 Å². The van der Waals surface area contributed by atoms with Crippen molar-refractivity contribution in [1.29, 1.82) is 0 Å². The topological polar surface area (TPSA) is 54.2 Å². The number of aromatic nitrogens is 2. The quantitative estimate of drug-likeness (QED) is 0.858. The molecule has 0 bridgehead atoms. The first-order valence-corrected chi connectivity index (χ1v) is 6.41. The Labute approximate surface area is 103 Å². The molecule has 0 saturated carbocycles. The van der Waals surface area contributed by atoms with E-state index in [0.717, 1.165) is 31.3 Å². The third-order valence-corrected chi connectivity index (χ3v) is 3.35. The van der Waals surface area contributed by atoms with E-state index in [-0.39, 0.29) is 0 Å². The zero-order valence-electron chi connectivity index (χ0n) is 10.9. The van der Waals surface area contributed by atoms with E-state index in [0.29, 0.717) is 12.0 Å². The monoisotopic (exact) mass is 238 g/mol. The molecule has 1 aliphatic heterocycles. The van der Waals surface area contributed by atoms with Gasteiger partial charge in [0, 0.05) is 25.0 Å². The molecule has 0 aliphatic carbocycles. The molecular formula is C12H22N4O. The Morgan fingerprint density at radius 2 is 2.12 bits per heavy atom. The van der Waals surface area contributed by atoms with E-state index in [1.165, 1.54) is 12.8 Å². The summed E-state index contributed by atoms with van der Waals surface area (Å²) in [7, 11) is 2.03. The maximum Gasteiger partial charge on any atom is 0.240 e. The highest BCUT2D eigenvalue weighted by Gasteiger charge is 2.20. The van der Waals surface area contributed by atoms with Gasteiger partial charge in [-0.25, -0.2) is 0 Å². The van der Waals surface area contributed by atoms with Gasteiger partial charge < -0.3 is 9.84 Å². The van der Waals surface area contributed by atoms with Crippen LogP contribution in [0.15, 0.2) is 4.52 Å². The van der Waals surface area contributed by atoms with Crippen molar-refractivity contribution in [2.24, 2.45) is 0 Å². The molecule has 1 saturated heterocycles. The Kier molecular flexibility index (Phi) is 4.12. The van der Waals surface area contributed by atoms with Crippen LogP contribution in [0.2, 0.25) is 0 Å². The van der Waals surface area contributed by atoms with Crippen LogP contribution < -0.4 is 5.32 Å². The molecule has 1 aromatic heterocycles. The van der Waals surface area contributed by atoms with E-state index >= 15 is 0 Å². The van der Waals surface area contributed by atoms with Crippen molar-refractivity contribution in [3.63, 3.8) is 0 Å². The molecule has 0 radical (unpaired) electrons. The summed E-state index contributed by atoms with van der Waals surface area (Å²) in [4.78, 5) is 6.79. The van der Waals surface area contributed by atoms with E-state index < -0.39 is 0 Å². The standard InChI is InChI=1S/C12H22N4O/c1-9(2)12-14-11(17-15-12)8-16-6-4-10(13-3)5-7-16/h9-10,13H,4-8H2,1-3H3. The van der Waals surface area contributed by atoms with Gasteiger partial charge in [-0.05, 0) is 19.9 Å². The molecule has 2 rings (SSSR count). The largest absolute Gasteiger partial charge is 0.338 e. The maximum absolute atomic E-state index is 5.26. The van der Waals surface area contributed by atoms with Crippen LogP contribution in [0.5, 0.6) is 0 Å². The molecule has 2 heterocycles. The van der Waals surface area contributed by atoms with Gasteiger partial charge in [0.2, 0.25) is 5.89 Å². The molecule has 17 heavy (non-hydrogen) atoms. The fourth-order valence-corrected chi connectivity index (χ4v) is 2.14. The first kappa shape index (κ1) is 12.5. The molecular weight excluding hydrogens is 216 g/mol. The molecule has 5 nitrogen and oxygen atoms in total. The van der Waals surface area contributed by atoms with E-state index in [1.807, 2.05) is 7.05 Å². The third-order valence-electron chi connectivity index (χ3n) is 3.35. The van der Waals surface area contributed by atoms with Crippen molar-refractivity contribution < 1.29 is 4.52 Å². The summed E-state index contributed by atoms with van der Waals surface area (Å²) in [6.45, 7) is 7.14. The minimum atomic E-state index is 0.336. The summed E-state index contributed by atoms with van der Waals surface area (Å²) in [5, 5.41) is 7.32. The van der Waals surface area contributed by atoms with Gasteiger partial charge in [-0.2, -0.15) is 4.98 Å². The molecule has 0 unspecified atom stereocenters. The first-order valence-electron chi connectivity index (χ1n) is 6.41. The molecule has 0 spiro atoms. The fraction of sp³-hybridized carbons (Fsp3) is 0.833. The second-order valence-electron chi connectivity index (χ2n) is 5.04. The van der Waals surface area contributed by atoms with Gasteiger partial charge in [0.05, 0.1) is 6.54 Å². The lowest BCUT2D eigenvalue weighted by molar-refractivity contribution is 0.173. The van der Waals surface area contributed by atoms with Gasteiger partial charge in [0.15, 0.2) is 5.82 Å². The van der Waals surface area contributed by atoms with Gasteiger partial charge in [-0.3, -0.25) is 4.90 Å². The Morgan fingerprint density at radius 3 is 2.65 bits per heavy atom. The predicted octanol–water partition coefficient (Wildman–Crippen LogP) is 1.38. The minimum absolute atomic E-state index is 0.336. The third kappa shape index (κ3) is 3.26. The lowest BCUT2D eigenvalue weighted by atomic mass is 10.1. The Hall–Kier alpha value is -0.940. The van der Waals surface area contributed by atoms with Gasteiger partial charge in [-0.1, -0.05) is 19.0 Å². The molecule has 0 atom stereocenters. The molecule has 5 heteroatoms.